The molecular weight excluding hydrogens is 318 g/mol. The Balaban J connectivity index is 1.72. The molecule has 1 aromatic heterocycles. The number of carbonyl (C=O) groups excluding carboxylic acids is 1. The van der Waals surface area contributed by atoms with Crippen molar-refractivity contribution < 1.29 is 14.1 Å². The van der Waals surface area contributed by atoms with Crippen molar-refractivity contribution >= 4 is 5.91 Å². The van der Waals surface area contributed by atoms with Gasteiger partial charge in [-0.1, -0.05) is 29.4 Å². The molecule has 0 bridgehead atoms. The van der Waals surface area contributed by atoms with Gasteiger partial charge >= 0.3 is 0 Å². The van der Waals surface area contributed by atoms with Gasteiger partial charge in [0.1, 0.15) is 11.5 Å². The Morgan fingerprint density at radius 3 is 2.64 bits per heavy atom. The smallest absolute Gasteiger partial charge is 0.258 e. The summed E-state index contributed by atoms with van der Waals surface area (Å²) in [6.07, 6.45) is 0.0852. The predicted octanol–water partition coefficient (Wildman–Crippen LogP) is 3.60. The summed E-state index contributed by atoms with van der Waals surface area (Å²) in [7, 11) is 0. The molecule has 128 valence electrons. The first-order valence-corrected chi connectivity index (χ1v) is 8.05. The van der Waals surface area contributed by atoms with E-state index in [0.717, 1.165) is 11.3 Å². The van der Waals surface area contributed by atoms with Gasteiger partial charge in [0.05, 0.1) is 6.42 Å². The molecule has 0 aliphatic heterocycles. The molecule has 0 atom stereocenters. The van der Waals surface area contributed by atoms with Crippen molar-refractivity contribution in [2.45, 2.75) is 26.3 Å². The molecule has 6 heteroatoms. The Bertz CT molecular complexity index is 844. The number of carbonyl (C=O) groups is 1. The Labute approximate surface area is 145 Å². The lowest BCUT2D eigenvalue weighted by Crippen LogP contribution is -2.31. The number of hydrogen-bond donors (Lipinski definition) is 1. The van der Waals surface area contributed by atoms with Crippen LogP contribution in [0.15, 0.2) is 59.1 Å². The number of benzene rings is 2. The van der Waals surface area contributed by atoms with Crippen molar-refractivity contribution in [2.75, 3.05) is 0 Å². The Kier molecular flexibility index (Phi) is 5.09. The van der Waals surface area contributed by atoms with E-state index < -0.39 is 0 Å². The SMILES string of the molecule is CC(C)NC(=O)Cc1noc(-c2cccc(Oc3ccccc3)c2)n1. The highest BCUT2D eigenvalue weighted by Crippen LogP contribution is 2.26. The molecule has 1 N–H and O–H groups in total. The first kappa shape index (κ1) is 16.7. The molecule has 0 saturated heterocycles. The largest absolute Gasteiger partial charge is 0.457 e. The minimum atomic E-state index is -0.136. The maximum Gasteiger partial charge on any atom is 0.258 e. The van der Waals surface area contributed by atoms with Crippen molar-refractivity contribution in [1.29, 1.82) is 0 Å². The monoisotopic (exact) mass is 337 g/mol. The molecule has 6 nitrogen and oxygen atoms in total. The number of nitrogens with zero attached hydrogens (tertiary/aromatic N) is 2. The van der Waals surface area contributed by atoms with Gasteiger partial charge < -0.3 is 14.6 Å². The first-order valence-electron chi connectivity index (χ1n) is 8.05. The van der Waals surface area contributed by atoms with E-state index in [1.807, 2.05) is 68.4 Å². The van der Waals surface area contributed by atoms with Crippen molar-refractivity contribution in [3.05, 3.63) is 60.4 Å². The van der Waals surface area contributed by atoms with Crippen LogP contribution in [0.4, 0.5) is 0 Å². The molecule has 1 amide bonds. The Morgan fingerprint density at radius 2 is 1.88 bits per heavy atom. The summed E-state index contributed by atoms with van der Waals surface area (Å²) in [4.78, 5) is 16.1. The average Bonchev–Trinajstić information content (AvgIpc) is 3.03. The number of hydrogen-bond acceptors (Lipinski definition) is 5. The summed E-state index contributed by atoms with van der Waals surface area (Å²) in [5.41, 5.74) is 0.733. The molecule has 0 fully saturated rings. The van der Waals surface area contributed by atoms with Gasteiger partial charge in [-0.2, -0.15) is 4.98 Å². The number of amides is 1. The van der Waals surface area contributed by atoms with Crippen molar-refractivity contribution in [3.8, 4) is 23.0 Å². The topological polar surface area (TPSA) is 77.2 Å². The summed E-state index contributed by atoms with van der Waals surface area (Å²) in [6.45, 7) is 3.80. The third-order valence-electron chi connectivity index (χ3n) is 3.30. The second-order valence-electron chi connectivity index (χ2n) is 5.86. The summed E-state index contributed by atoms with van der Waals surface area (Å²) in [5, 5.41) is 6.66. The van der Waals surface area contributed by atoms with Gasteiger partial charge in [-0.05, 0) is 44.2 Å². The summed E-state index contributed by atoms with van der Waals surface area (Å²) < 4.78 is 11.1. The standard InChI is InChI=1S/C19H19N3O3/c1-13(2)20-18(23)12-17-21-19(25-22-17)14-7-6-10-16(11-14)24-15-8-4-3-5-9-15/h3-11,13H,12H2,1-2H3,(H,20,23). The minimum Gasteiger partial charge on any atom is -0.457 e. The van der Waals surface area contributed by atoms with Crippen LogP contribution in [-0.2, 0) is 11.2 Å². The van der Waals surface area contributed by atoms with Crippen molar-refractivity contribution in [2.24, 2.45) is 0 Å². The second-order valence-corrected chi connectivity index (χ2v) is 5.86. The van der Waals surface area contributed by atoms with Gasteiger partial charge in [0.25, 0.3) is 5.89 Å². The van der Waals surface area contributed by atoms with E-state index in [0.29, 0.717) is 17.5 Å². The summed E-state index contributed by atoms with van der Waals surface area (Å²) in [5.74, 6) is 1.98. The van der Waals surface area contributed by atoms with Crippen molar-refractivity contribution in [1.82, 2.24) is 15.5 Å². The van der Waals surface area contributed by atoms with Crippen LogP contribution in [0.3, 0.4) is 0 Å². The number of aromatic nitrogens is 2. The van der Waals surface area contributed by atoms with Crippen LogP contribution in [0, 0.1) is 0 Å². The van der Waals surface area contributed by atoms with Crippen LogP contribution in [0.5, 0.6) is 11.5 Å². The van der Waals surface area contributed by atoms with Gasteiger partial charge in [-0.3, -0.25) is 4.79 Å². The highest BCUT2D eigenvalue weighted by atomic mass is 16.5. The molecule has 3 rings (SSSR count). The molecule has 0 unspecified atom stereocenters. The van der Waals surface area contributed by atoms with E-state index in [1.54, 1.807) is 0 Å². The van der Waals surface area contributed by atoms with E-state index in [9.17, 15) is 4.79 Å². The normalized spacial score (nSPS) is 10.7. The van der Waals surface area contributed by atoms with Crippen LogP contribution in [0.1, 0.15) is 19.7 Å². The number of rotatable bonds is 6. The zero-order valence-electron chi connectivity index (χ0n) is 14.1. The number of para-hydroxylation sites is 1. The molecule has 1 heterocycles. The molecule has 3 aromatic rings. The van der Waals surface area contributed by atoms with Crippen LogP contribution in [0.2, 0.25) is 0 Å². The van der Waals surface area contributed by atoms with E-state index in [2.05, 4.69) is 15.5 Å². The molecule has 0 aliphatic rings. The maximum absolute atomic E-state index is 11.8. The lowest BCUT2D eigenvalue weighted by Gasteiger charge is -2.06. The Morgan fingerprint density at radius 1 is 1.12 bits per heavy atom. The van der Waals surface area contributed by atoms with E-state index >= 15 is 0 Å². The summed E-state index contributed by atoms with van der Waals surface area (Å²) in [6, 6.07) is 16.9. The molecule has 2 aromatic carbocycles. The van der Waals surface area contributed by atoms with Crippen LogP contribution in [-0.4, -0.2) is 22.1 Å². The fourth-order valence-electron chi connectivity index (χ4n) is 2.28. The minimum absolute atomic E-state index is 0.0747. The molecular formula is C19H19N3O3. The summed E-state index contributed by atoms with van der Waals surface area (Å²) >= 11 is 0. The first-order chi connectivity index (χ1) is 12.1. The van der Waals surface area contributed by atoms with E-state index in [-0.39, 0.29) is 18.4 Å². The lowest BCUT2D eigenvalue weighted by molar-refractivity contribution is -0.121. The number of nitrogens with one attached hydrogen (secondary N) is 1. The van der Waals surface area contributed by atoms with Gasteiger partial charge in [0, 0.05) is 11.6 Å². The molecule has 0 saturated carbocycles. The van der Waals surface area contributed by atoms with Crippen LogP contribution >= 0.6 is 0 Å². The second kappa shape index (κ2) is 7.61. The molecule has 0 aliphatic carbocycles. The zero-order chi connectivity index (χ0) is 17.6. The van der Waals surface area contributed by atoms with Crippen molar-refractivity contribution in [3.63, 3.8) is 0 Å². The third-order valence-corrected chi connectivity index (χ3v) is 3.30. The van der Waals surface area contributed by atoms with E-state index in [4.69, 9.17) is 9.26 Å². The average molecular weight is 337 g/mol. The number of ether oxygens (including phenoxy) is 1. The maximum atomic E-state index is 11.8. The highest BCUT2D eigenvalue weighted by molar-refractivity contribution is 5.78. The molecule has 0 radical (unpaired) electrons. The highest BCUT2D eigenvalue weighted by Gasteiger charge is 2.13. The van der Waals surface area contributed by atoms with Gasteiger partial charge in [0.2, 0.25) is 5.91 Å². The van der Waals surface area contributed by atoms with E-state index in [1.165, 1.54) is 0 Å². The lowest BCUT2D eigenvalue weighted by atomic mass is 10.2. The van der Waals surface area contributed by atoms with Gasteiger partial charge in [0.15, 0.2) is 5.82 Å². The molecule has 0 spiro atoms. The van der Waals surface area contributed by atoms with Crippen LogP contribution < -0.4 is 10.1 Å². The van der Waals surface area contributed by atoms with Gasteiger partial charge in [-0.25, -0.2) is 0 Å². The van der Waals surface area contributed by atoms with Gasteiger partial charge in [-0.15, -0.1) is 0 Å². The quantitative estimate of drug-likeness (QED) is 0.744. The van der Waals surface area contributed by atoms with Crippen LogP contribution in [0.25, 0.3) is 11.5 Å². The fraction of sp³-hybridized carbons (Fsp3) is 0.211. The molecule has 25 heavy (non-hydrogen) atoms. The zero-order valence-corrected chi connectivity index (χ0v) is 14.1. The fourth-order valence-corrected chi connectivity index (χ4v) is 2.28. The Hall–Kier alpha value is -3.15. The third kappa shape index (κ3) is 4.67. The predicted molar refractivity (Wildman–Crippen MR) is 93.2 cm³/mol.